The van der Waals surface area contributed by atoms with Crippen LogP contribution in [0.5, 0.6) is 23.0 Å². The van der Waals surface area contributed by atoms with Gasteiger partial charge in [-0.1, -0.05) is 6.07 Å². The molecule has 3 rings (SSSR count). The lowest BCUT2D eigenvalue weighted by Gasteiger charge is -2.08. The number of aromatic hydroxyl groups is 2. The average molecular weight is 342 g/mol. The summed E-state index contributed by atoms with van der Waals surface area (Å²) < 4.78 is 30.6. The Hall–Kier alpha value is -2.99. The lowest BCUT2D eigenvalue weighted by molar-refractivity contribution is 0.455. The molecule has 5 nitrogen and oxygen atoms in total. The zero-order valence-electron chi connectivity index (χ0n) is 12.5. The number of phenolic OH excluding ortho intramolecular Hbond substituents is 2. The molecule has 122 valence electrons. The molecule has 0 amide bonds. The number of ether oxygens (including phenoxy) is 1. The van der Waals surface area contributed by atoms with E-state index in [0.29, 0.717) is 11.5 Å². The molecule has 6 heteroatoms. The zero-order valence-corrected chi connectivity index (χ0v) is 13.3. The van der Waals surface area contributed by atoms with Crippen LogP contribution < -0.4 is 4.74 Å². The van der Waals surface area contributed by atoms with E-state index in [2.05, 4.69) is 0 Å². The van der Waals surface area contributed by atoms with Crippen molar-refractivity contribution < 1.29 is 23.4 Å². The van der Waals surface area contributed by atoms with Crippen LogP contribution in [0.15, 0.2) is 82.6 Å². The first-order chi connectivity index (χ1) is 11.4. The lowest BCUT2D eigenvalue weighted by Crippen LogP contribution is -2.01. The molecule has 0 heterocycles. The minimum absolute atomic E-state index is 0.00353. The van der Waals surface area contributed by atoms with Crippen LogP contribution in [0.2, 0.25) is 0 Å². The number of hydrogen-bond donors (Lipinski definition) is 2. The van der Waals surface area contributed by atoms with E-state index >= 15 is 0 Å². The van der Waals surface area contributed by atoms with Crippen molar-refractivity contribution in [3.8, 4) is 23.0 Å². The minimum Gasteiger partial charge on any atom is -0.508 e. The maximum absolute atomic E-state index is 12.5. The van der Waals surface area contributed by atoms with Crippen LogP contribution in [0.25, 0.3) is 0 Å². The molecule has 0 aliphatic rings. The first-order valence-electron chi connectivity index (χ1n) is 7.06. The van der Waals surface area contributed by atoms with E-state index in [9.17, 15) is 18.6 Å². The molecular formula is C18H14O5S. The van der Waals surface area contributed by atoms with Gasteiger partial charge in [-0.25, -0.2) is 8.42 Å². The molecule has 0 radical (unpaired) electrons. The monoisotopic (exact) mass is 342 g/mol. The Labute approximate surface area is 139 Å². The standard InChI is InChI=1S/C18H14O5S/c19-13-4-8-17(9-5-13)24(21,22)18-10-6-15(7-11-18)23-16-3-1-2-14(20)12-16/h1-12,19-20H. The highest BCUT2D eigenvalue weighted by atomic mass is 32.2. The van der Waals surface area contributed by atoms with E-state index in [-0.39, 0.29) is 21.3 Å². The van der Waals surface area contributed by atoms with E-state index in [4.69, 9.17) is 4.74 Å². The molecule has 2 N–H and O–H groups in total. The first kappa shape index (κ1) is 15.9. The Morgan fingerprint density at radius 3 is 1.83 bits per heavy atom. The number of hydrogen-bond acceptors (Lipinski definition) is 5. The van der Waals surface area contributed by atoms with Crippen LogP contribution in [0.3, 0.4) is 0 Å². The van der Waals surface area contributed by atoms with Crippen LogP contribution >= 0.6 is 0 Å². The smallest absolute Gasteiger partial charge is 0.206 e. The van der Waals surface area contributed by atoms with Crippen molar-refractivity contribution in [3.63, 3.8) is 0 Å². The Balaban J connectivity index is 1.85. The summed E-state index contributed by atoms with van der Waals surface area (Å²) in [6.07, 6.45) is 0. The molecule has 0 spiro atoms. The highest BCUT2D eigenvalue weighted by Gasteiger charge is 2.17. The molecular weight excluding hydrogens is 328 g/mol. The summed E-state index contributed by atoms with van der Waals surface area (Å²) in [6.45, 7) is 0. The van der Waals surface area contributed by atoms with Gasteiger partial charge in [0.15, 0.2) is 0 Å². The molecule has 0 aromatic heterocycles. The second-order valence-electron chi connectivity index (χ2n) is 5.07. The van der Waals surface area contributed by atoms with Crippen molar-refractivity contribution >= 4 is 9.84 Å². The van der Waals surface area contributed by atoms with Crippen LogP contribution in [0, 0.1) is 0 Å². The van der Waals surface area contributed by atoms with Crippen molar-refractivity contribution in [1.82, 2.24) is 0 Å². The molecule has 0 saturated heterocycles. The summed E-state index contributed by atoms with van der Waals surface area (Å²) in [6, 6.07) is 17.6. The van der Waals surface area contributed by atoms with Crippen LogP contribution in [-0.2, 0) is 9.84 Å². The highest BCUT2D eigenvalue weighted by Crippen LogP contribution is 2.28. The van der Waals surface area contributed by atoms with Crippen molar-refractivity contribution in [2.45, 2.75) is 9.79 Å². The first-order valence-corrected chi connectivity index (χ1v) is 8.54. The van der Waals surface area contributed by atoms with E-state index in [1.807, 2.05) is 0 Å². The summed E-state index contributed by atoms with van der Waals surface area (Å²) >= 11 is 0. The van der Waals surface area contributed by atoms with Gasteiger partial charge in [0.05, 0.1) is 9.79 Å². The lowest BCUT2D eigenvalue weighted by atomic mass is 10.3. The molecule has 0 saturated carbocycles. The van der Waals surface area contributed by atoms with E-state index in [1.165, 1.54) is 60.7 Å². The van der Waals surface area contributed by atoms with Crippen molar-refractivity contribution in [2.24, 2.45) is 0 Å². The second-order valence-corrected chi connectivity index (χ2v) is 7.02. The third-order valence-corrected chi connectivity index (χ3v) is 5.12. The van der Waals surface area contributed by atoms with E-state index in [1.54, 1.807) is 12.1 Å². The van der Waals surface area contributed by atoms with E-state index < -0.39 is 9.84 Å². The number of rotatable bonds is 4. The zero-order chi connectivity index (χ0) is 17.2. The molecule has 24 heavy (non-hydrogen) atoms. The van der Waals surface area contributed by atoms with Crippen molar-refractivity contribution in [2.75, 3.05) is 0 Å². The largest absolute Gasteiger partial charge is 0.508 e. The molecule has 0 aliphatic carbocycles. The van der Waals surface area contributed by atoms with Gasteiger partial charge in [0.2, 0.25) is 9.84 Å². The summed E-state index contributed by atoms with van der Waals surface area (Å²) in [7, 11) is -3.66. The predicted molar refractivity (Wildman–Crippen MR) is 88.2 cm³/mol. The average Bonchev–Trinajstić information content (AvgIpc) is 2.56. The Bertz CT molecular complexity index is 945. The van der Waals surface area contributed by atoms with Gasteiger partial charge in [-0.3, -0.25) is 0 Å². The van der Waals surface area contributed by atoms with Crippen molar-refractivity contribution in [1.29, 1.82) is 0 Å². The van der Waals surface area contributed by atoms with Crippen LogP contribution in [0.4, 0.5) is 0 Å². The number of benzene rings is 3. The third kappa shape index (κ3) is 3.33. The minimum atomic E-state index is -3.66. The molecule has 3 aromatic carbocycles. The van der Waals surface area contributed by atoms with Gasteiger partial charge in [-0.2, -0.15) is 0 Å². The fraction of sp³-hybridized carbons (Fsp3) is 0. The molecule has 3 aromatic rings. The number of sulfone groups is 1. The van der Waals surface area contributed by atoms with Gasteiger partial charge in [-0.15, -0.1) is 0 Å². The third-order valence-electron chi connectivity index (χ3n) is 3.33. The quantitative estimate of drug-likeness (QED) is 0.755. The fourth-order valence-electron chi connectivity index (χ4n) is 2.13. The number of phenols is 2. The normalized spacial score (nSPS) is 11.2. The van der Waals surface area contributed by atoms with Crippen LogP contribution in [0.1, 0.15) is 0 Å². The van der Waals surface area contributed by atoms with Gasteiger partial charge in [0.25, 0.3) is 0 Å². The Morgan fingerprint density at radius 2 is 1.25 bits per heavy atom. The molecule has 0 unspecified atom stereocenters. The van der Waals surface area contributed by atoms with Crippen molar-refractivity contribution in [3.05, 3.63) is 72.8 Å². The summed E-state index contributed by atoms with van der Waals surface area (Å²) in [5.74, 6) is 0.984. The molecule has 0 aliphatic heterocycles. The molecule has 0 bridgehead atoms. The van der Waals surface area contributed by atoms with Gasteiger partial charge < -0.3 is 14.9 Å². The predicted octanol–water partition coefficient (Wildman–Crippen LogP) is 3.72. The van der Waals surface area contributed by atoms with Gasteiger partial charge in [0.1, 0.15) is 23.0 Å². The molecule has 0 atom stereocenters. The van der Waals surface area contributed by atoms with E-state index in [0.717, 1.165) is 0 Å². The molecule has 0 fully saturated rings. The SMILES string of the molecule is O=S(=O)(c1ccc(O)cc1)c1ccc(Oc2cccc(O)c2)cc1. The Morgan fingerprint density at radius 1 is 0.667 bits per heavy atom. The topological polar surface area (TPSA) is 83.8 Å². The maximum Gasteiger partial charge on any atom is 0.206 e. The van der Waals surface area contributed by atoms with Gasteiger partial charge in [-0.05, 0) is 60.7 Å². The fourth-order valence-corrected chi connectivity index (χ4v) is 3.39. The summed E-state index contributed by atoms with van der Waals surface area (Å²) in [5, 5.41) is 18.7. The second kappa shape index (κ2) is 6.25. The maximum atomic E-state index is 12.5. The highest BCUT2D eigenvalue weighted by molar-refractivity contribution is 7.91. The summed E-state index contributed by atoms with van der Waals surface area (Å²) in [5.41, 5.74) is 0. The Kier molecular flexibility index (Phi) is 4.14. The van der Waals surface area contributed by atoms with Gasteiger partial charge >= 0.3 is 0 Å². The summed E-state index contributed by atoms with van der Waals surface area (Å²) in [4.78, 5) is 0.221. The van der Waals surface area contributed by atoms with Gasteiger partial charge in [0, 0.05) is 6.07 Å². The van der Waals surface area contributed by atoms with Crippen LogP contribution in [-0.4, -0.2) is 18.6 Å².